The number of carbonyl (C=O) groups is 2. The maximum atomic E-state index is 11.9. The minimum absolute atomic E-state index is 0.0820. The standard InChI is InChI=1S/C13H17N3O3/c1-19-11-5-3-2-4-9(11)16-12(17)8-10-13(18)15-7-6-14-10/h2-5,10,14H,6-8H2,1H3,(H,15,18)(H,16,17)/p+1. The molecule has 0 bridgehead atoms. The summed E-state index contributed by atoms with van der Waals surface area (Å²) in [6, 6.07) is 6.84. The molecule has 0 spiro atoms. The summed E-state index contributed by atoms with van der Waals surface area (Å²) in [7, 11) is 1.55. The van der Waals surface area contributed by atoms with Gasteiger partial charge in [-0.1, -0.05) is 12.1 Å². The van der Waals surface area contributed by atoms with Crippen molar-refractivity contribution >= 4 is 17.5 Å². The average Bonchev–Trinajstić information content (AvgIpc) is 2.42. The molecule has 1 aliphatic rings. The second-order valence-corrected chi connectivity index (χ2v) is 4.37. The fraction of sp³-hybridized carbons (Fsp3) is 0.385. The van der Waals surface area contributed by atoms with E-state index < -0.39 is 0 Å². The zero-order valence-electron chi connectivity index (χ0n) is 10.8. The Bertz CT molecular complexity index is 476. The number of ether oxygens (including phenoxy) is 1. The quantitative estimate of drug-likeness (QED) is 0.658. The van der Waals surface area contributed by atoms with E-state index in [4.69, 9.17) is 4.74 Å². The molecule has 1 aliphatic heterocycles. The van der Waals surface area contributed by atoms with Crippen molar-refractivity contribution in [3.05, 3.63) is 24.3 Å². The number of quaternary nitrogens is 1. The molecule has 1 aromatic carbocycles. The predicted molar refractivity (Wildman–Crippen MR) is 69.8 cm³/mol. The molecule has 2 rings (SSSR count). The highest BCUT2D eigenvalue weighted by molar-refractivity contribution is 5.95. The normalized spacial score (nSPS) is 18.6. The second kappa shape index (κ2) is 6.19. The van der Waals surface area contributed by atoms with E-state index in [0.717, 1.165) is 6.54 Å². The number of carbonyl (C=O) groups excluding carboxylic acids is 2. The van der Waals surface area contributed by atoms with Gasteiger partial charge in [-0.15, -0.1) is 0 Å². The van der Waals surface area contributed by atoms with Crippen molar-refractivity contribution in [2.24, 2.45) is 0 Å². The molecule has 2 amide bonds. The predicted octanol–water partition coefficient (Wildman–Crippen LogP) is -0.914. The molecule has 6 nitrogen and oxygen atoms in total. The van der Waals surface area contributed by atoms with Gasteiger partial charge in [-0.05, 0) is 12.1 Å². The number of hydrogen-bond donors (Lipinski definition) is 3. The molecule has 19 heavy (non-hydrogen) atoms. The lowest BCUT2D eigenvalue weighted by atomic mass is 10.1. The Morgan fingerprint density at radius 2 is 2.32 bits per heavy atom. The van der Waals surface area contributed by atoms with Crippen molar-refractivity contribution in [2.45, 2.75) is 12.5 Å². The minimum Gasteiger partial charge on any atom is -0.495 e. The van der Waals surface area contributed by atoms with Crippen molar-refractivity contribution in [3.63, 3.8) is 0 Å². The van der Waals surface area contributed by atoms with Crippen LogP contribution in [-0.2, 0) is 9.59 Å². The lowest BCUT2D eigenvalue weighted by Crippen LogP contribution is -2.96. The lowest BCUT2D eigenvalue weighted by Gasteiger charge is -2.20. The van der Waals surface area contributed by atoms with Crippen LogP contribution in [0.25, 0.3) is 0 Å². The van der Waals surface area contributed by atoms with E-state index in [0.29, 0.717) is 18.0 Å². The van der Waals surface area contributed by atoms with E-state index >= 15 is 0 Å². The first-order chi connectivity index (χ1) is 9.20. The van der Waals surface area contributed by atoms with Crippen molar-refractivity contribution in [3.8, 4) is 5.75 Å². The van der Waals surface area contributed by atoms with Crippen LogP contribution in [0, 0.1) is 0 Å². The Morgan fingerprint density at radius 3 is 3.05 bits per heavy atom. The van der Waals surface area contributed by atoms with Crippen molar-refractivity contribution < 1.29 is 19.6 Å². The van der Waals surface area contributed by atoms with Crippen LogP contribution < -0.4 is 20.7 Å². The number of hydrogen-bond acceptors (Lipinski definition) is 3. The zero-order chi connectivity index (χ0) is 13.7. The van der Waals surface area contributed by atoms with Gasteiger partial charge in [-0.25, -0.2) is 0 Å². The summed E-state index contributed by atoms with van der Waals surface area (Å²) in [5.41, 5.74) is 0.617. The molecular weight excluding hydrogens is 246 g/mol. The maximum Gasteiger partial charge on any atom is 0.278 e. The van der Waals surface area contributed by atoms with Crippen LogP contribution in [0.15, 0.2) is 24.3 Å². The highest BCUT2D eigenvalue weighted by atomic mass is 16.5. The van der Waals surface area contributed by atoms with Crippen LogP contribution in [0.1, 0.15) is 6.42 Å². The maximum absolute atomic E-state index is 11.9. The molecule has 4 N–H and O–H groups in total. The van der Waals surface area contributed by atoms with Crippen molar-refractivity contribution in [1.82, 2.24) is 5.32 Å². The monoisotopic (exact) mass is 264 g/mol. The van der Waals surface area contributed by atoms with Gasteiger partial charge in [0.25, 0.3) is 5.91 Å². The molecule has 0 radical (unpaired) electrons. The number of methoxy groups -OCH3 is 1. The van der Waals surface area contributed by atoms with Gasteiger partial charge in [0.2, 0.25) is 5.91 Å². The number of piperazine rings is 1. The molecule has 1 fully saturated rings. The summed E-state index contributed by atoms with van der Waals surface area (Å²) >= 11 is 0. The van der Waals surface area contributed by atoms with E-state index in [1.165, 1.54) is 0 Å². The second-order valence-electron chi connectivity index (χ2n) is 4.37. The fourth-order valence-corrected chi connectivity index (χ4v) is 2.04. The third-order valence-corrected chi connectivity index (χ3v) is 3.02. The van der Waals surface area contributed by atoms with Crippen LogP contribution in [0.2, 0.25) is 0 Å². The summed E-state index contributed by atoms with van der Waals surface area (Å²) in [4.78, 5) is 23.5. The van der Waals surface area contributed by atoms with Gasteiger partial charge in [-0.2, -0.15) is 0 Å². The fourth-order valence-electron chi connectivity index (χ4n) is 2.04. The van der Waals surface area contributed by atoms with Gasteiger partial charge in [0.05, 0.1) is 32.3 Å². The number of rotatable bonds is 4. The molecule has 1 heterocycles. The first-order valence-corrected chi connectivity index (χ1v) is 6.24. The molecule has 0 saturated carbocycles. The number of nitrogens with one attached hydrogen (secondary N) is 2. The molecule has 1 aromatic rings. The molecule has 0 aromatic heterocycles. The molecule has 1 saturated heterocycles. The Morgan fingerprint density at radius 1 is 1.53 bits per heavy atom. The largest absolute Gasteiger partial charge is 0.495 e. The summed E-state index contributed by atoms with van der Waals surface area (Å²) in [5, 5.41) is 7.40. The molecule has 1 unspecified atom stereocenters. The van der Waals surface area contributed by atoms with Crippen LogP contribution in [0.5, 0.6) is 5.75 Å². The number of anilines is 1. The van der Waals surface area contributed by atoms with Crippen LogP contribution >= 0.6 is 0 Å². The first kappa shape index (κ1) is 13.4. The van der Waals surface area contributed by atoms with E-state index in [1.54, 1.807) is 19.2 Å². The average molecular weight is 264 g/mol. The van der Waals surface area contributed by atoms with E-state index in [-0.39, 0.29) is 24.3 Å². The number of para-hydroxylation sites is 2. The summed E-state index contributed by atoms with van der Waals surface area (Å²) in [6.07, 6.45) is 0.157. The van der Waals surface area contributed by atoms with Gasteiger partial charge in [0.1, 0.15) is 5.75 Å². The molecule has 6 heteroatoms. The summed E-state index contributed by atoms with van der Waals surface area (Å²) in [5.74, 6) is 0.331. The van der Waals surface area contributed by atoms with Crippen LogP contribution in [0.3, 0.4) is 0 Å². The Kier molecular flexibility index (Phi) is 4.35. The SMILES string of the molecule is COc1ccccc1NC(=O)CC1[NH2+]CCNC1=O. The highest BCUT2D eigenvalue weighted by Crippen LogP contribution is 2.23. The third kappa shape index (κ3) is 3.45. The summed E-state index contributed by atoms with van der Waals surface area (Å²) < 4.78 is 5.16. The molecular formula is C13H18N3O3+. The van der Waals surface area contributed by atoms with Crippen molar-refractivity contribution in [2.75, 3.05) is 25.5 Å². The molecule has 1 atom stereocenters. The van der Waals surface area contributed by atoms with E-state index in [2.05, 4.69) is 10.6 Å². The smallest absolute Gasteiger partial charge is 0.278 e. The van der Waals surface area contributed by atoms with E-state index in [1.807, 2.05) is 17.4 Å². The summed E-state index contributed by atoms with van der Waals surface area (Å²) in [6.45, 7) is 1.46. The Balaban J connectivity index is 1.95. The molecule has 102 valence electrons. The van der Waals surface area contributed by atoms with Crippen LogP contribution in [-0.4, -0.2) is 38.1 Å². The first-order valence-electron chi connectivity index (χ1n) is 6.24. The lowest BCUT2D eigenvalue weighted by molar-refractivity contribution is -0.678. The van der Waals surface area contributed by atoms with Crippen molar-refractivity contribution in [1.29, 1.82) is 0 Å². The van der Waals surface area contributed by atoms with Gasteiger partial charge in [0, 0.05) is 0 Å². The van der Waals surface area contributed by atoms with Crippen LogP contribution in [0.4, 0.5) is 5.69 Å². The number of benzene rings is 1. The minimum atomic E-state index is -0.344. The van der Waals surface area contributed by atoms with Gasteiger partial charge in [-0.3, -0.25) is 9.59 Å². The highest BCUT2D eigenvalue weighted by Gasteiger charge is 2.28. The van der Waals surface area contributed by atoms with Gasteiger partial charge in [0.15, 0.2) is 6.04 Å². The Labute approximate surface area is 111 Å². The third-order valence-electron chi connectivity index (χ3n) is 3.02. The zero-order valence-corrected chi connectivity index (χ0v) is 10.8. The van der Waals surface area contributed by atoms with E-state index in [9.17, 15) is 9.59 Å². The number of nitrogens with two attached hydrogens (primary N) is 1. The van der Waals surface area contributed by atoms with Gasteiger partial charge >= 0.3 is 0 Å². The topological polar surface area (TPSA) is 84.0 Å². The number of amides is 2. The Hall–Kier alpha value is -2.08. The molecule has 0 aliphatic carbocycles. The van der Waals surface area contributed by atoms with Gasteiger partial charge < -0.3 is 20.7 Å².